The standard InChI is InChI=1S/C21H32FN3O2/c1-17-7-12-24(13-8-17)14-10-23-16-21(27)9-2-11-25(20(21)26)15-18-3-5-19(22)6-4-18/h3-6,17,23,27H,2,7-16H2,1H3. The second-order valence-corrected chi connectivity index (χ2v) is 8.19. The molecule has 1 atom stereocenters. The average Bonchev–Trinajstić information content (AvgIpc) is 2.66. The van der Waals surface area contributed by atoms with Crippen molar-refractivity contribution in [3.05, 3.63) is 35.6 Å². The topological polar surface area (TPSA) is 55.8 Å². The highest BCUT2D eigenvalue weighted by Gasteiger charge is 2.41. The van der Waals surface area contributed by atoms with E-state index in [2.05, 4.69) is 17.1 Å². The molecule has 0 saturated carbocycles. The predicted molar refractivity (Wildman–Crippen MR) is 104 cm³/mol. The van der Waals surface area contributed by atoms with Crippen molar-refractivity contribution in [2.75, 3.05) is 39.3 Å². The first-order chi connectivity index (χ1) is 13.0. The fourth-order valence-electron chi connectivity index (χ4n) is 4.01. The Balaban J connectivity index is 1.46. The Kier molecular flexibility index (Phi) is 6.84. The van der Waals surface area contributed by atoms with Crippen LogP contribution in [0.5, 0.6) is 0 Å². The van der Waals surface area contributed by atoms with Crippen LogP contribution in [0, 0.1) is 11.7 Å². The molecule has 2 heterocycles. The van der Waals surface area contributed by atoms with Crippen LogP contribution in [0.3, 0.4) is 0 Å². The third-order valence-corrected chi connectivity index (χ3v) is 5.89. The van der Waals surface area contributed by atoms with Crippen LogP contribution in [0.4, 0.5) is 4.39 Å². The lowest BCUT2D eigenvalue weighted by Gasteiger charge is -2.38. The number of carbonyl (C=O) groups is 1. The van der Waals surface area contributed by atoms with Gasteiger partial charge in [-0.1, -0.05) is 19.1 Å². The Morgan fingerprint density at radius 2 is 1.93 bits per heavy atom. The normalized spacial score (nSPS) is 25.1. The molecule has 6 heteroatoms. The molecule has 0 radical (unpaired) electrons. The Morgan fingerprint density at radius 3 is 2.63 bits per heavy atom. The number of amides is 1. The second kappa shape index (κ2) is 9.13. The van der Waals surface area contributed by atoms with Gasteiger partial charge in [-0.05, 0) is 62.4 Å². The molecular weight excluding hydrogens is 345 g/mol. The average molecular weight is 378 g/mol. The van der Waals surface area contributed by atoms with Gasteiger partial charge >= 0.3 is 0 Å². The Hall–Kier alpha value is -1.50. The number of hydrogen-bond donors (Lipinski definition) is 2. The number of nitrogens with zero attached hydrogens (tertiary/aromatic N) is 2. The first-order valence-electron chi connectivity index (χ1n) is 10.2. The van der Waals surface area contributed by atoms with Crippen molar-refractivity contribution in [2.24, 2.45) is 5.92 Å². The summed E-state index contributed by atoms with van der Waals surface area (Å²) >= 11 is 0. The van der Waals surface area contributed by atoms with Gasteiger partial charge in [0.25, 0.3) is 5.91 Å². The van der Waals surface area contributed by atoms with E-state index in [0.717, 1.165) is 44.1 Å². The molecule has 5 nitrogen and oxygen atoms in total. The number of carbonyl (C=O) groups excluding carboxylic acids is 1. The number of likely N-dealkylation sites (tertiary alicyclic amines) is 2. The van der Waals surface area contributed by atoms with Gasteiger partial charge in [-0.3, -0.25) is 4.79 Å². The molecule has 1 unspecified atom stereocenters. The summed E-state index contributed by atoms with van der Waals surface area (Å²) in [6.45, 7) is 7.64. The van der Waals surface area contributed by atoms with Crippen molar-refractivity contribution in [1.82, 2.24) is 15.1 Å². The minimum atomic E-state index is -1.34. The van der Waals surface area contributed by atoms with Crippen LogP contribution < -0.4 is 5.32 Å². The lowest BCUT2D eigenvalue weighted by molar-refractivity contribution is -0.157. The summed E-state index contributed by atoms with van der Waals surface area (Å²) in [5.41, 5.74) is -0.462. The maximum Gasteiger partial charge on any atom is 0.256 e. The summed E-state index contributed by atoms with van der Waals surface area (Å²) in [6.07, 6.45) is 3.76. The zero-order chi connectivity index (χ0) is 19.3. The van der Waals surface area contributed by atoms with Crippen molar-refractivity contribution in [3.8, 4) is 0 Å². The highest BCUT2D eigenvalue weighted by Crippen LogP contribution is 2.24. The van der Waals surface area contributed by atoms with Gasteiger partial charge in [0.2, 0.25) is 0 Å². The molecule has 2 fully saturated rings. The van der Waals surface area contributed by atoms with Gasteiger partial charge < -0.3 is 20.2 Å². The van der Waals surface area contributed by atoms with E-state index in [4.69, 9.17) is 0 Å². The van der Waals surface area contributed by atoms with Crippen LogP contribution >= 0.6 is 0 Å². The highest BCUT2D eigenvalue weighted by atomic mass is 19.1. The number of rotatable bonds is 7. The summed E-state index contributed by atoms with van der Waals surface area (Å²) in [4.78, 5) is 16.9. The van der Waals surface area contributed by atoms with Gasteiger partial charge in [-0.15, -0.1) is 0 Å². The number of benzene rings is 1. The maximum absolute atomic E-state index is 13.1. The molecule has 2 N–H and O–H groups in total. The minimum Gasteiger partial charge on any atom is -0.379 e. The Morgan fingerprint density at radius 1 is 1.22 bits per heavy atom. The minimum absolute atomic E-state index is 0.225. The molecule has 0 bridgehead atoms. The quantitative estimate of drug-likeness (QED) is 0.714. The molecule has 3 rings (SSSR count). The molecule has 2 aliphatic heterocycles. The monoisotopic (exact) mass is 377 g/mol. The lowest BCUT2D eigenvalue weighted by atomic mass is 9.91. The molecule has 27 heavy (non-hydrogen) atoms. The van der Waals surface area contributed by atoms with Gasteiger partial charge in [0.15, 0.2) is 5.60 Å². The van der Waals surface area contributed by atoms with Gasteiger partial charge in [-0.2, -0.15) is 0 Å². The molecule has 0 spiro atoms. The van der Waals surface area contributed by atoms with Gasteiger partial charge in [0.1, 0.15) is 5.82 Å². The third-order valence-electron chi connectivity index (χ3n) is 5.89. The molecule has 1 amide bonds. The molecular formula is C21H32FN3O2. The van der Waals surface area contributed by atoms with E-state index >= 15 is 0 Å². The summed E-state index contributed by atoms with van der Waals surface area (Å²) in [6, 6.07) is 6.18. The summed E-state index contributed by atoms with van der Waals surface area (Å²) in [5, 5.41) is 14.2. The van der Waals surface area contributed by atoms with Crippen molar-refractivity contribution >= 4 is 5.91 Å². The number of halogens is 1. The van der Waals surface area contributed by atoms with Crippen molar-refractivity contribution < 1.29 is 14.3 Å². The van der Waals surface area contributed by atoms with E-state index in [9.17, 15) is 14.3 Å². The lowest BCUT2D eigenvalue weighted by Crippen LogP contribution is -2.58. The van der Waals surface area contributed by atoms with E-state index in [1.54, 1.807) is 17.0 Å². The third kappa shape index (κ3) is 5.50. The molecule has 2 aliphatic rings. The fourth-order valence-corrected chi connectivity index (χ4v) is 4.01. The first kappa shape index (κ1) is 20.2. The first-order valence-corrected chi connectivity index (χ1v) is 10.2. The van der Waals surface area contributed by atoms with E-state index in [1.807, 2.05) is 0 Å². The largest absolute Gasteiger partial charge is 0.379 e. The number of piperidine rings is 2. The molecule has 0 aliphatic carbocycles. The number of hydrogen-bond acceptors (Lipinski definition) is 4. The van der Waals surface area contributed by atoms with Crippen LogP contribution in [0.25, 0.3) is 0 Å². The van der Waals surface area contributed by atoms with Gasteiger partial charge in [-0.25, -0.2) is 4.39 Å². The SMILES string of the molecule is CC1CCN(CCNCC2(O)CCCN(Cc3ccc(F)cc3)C2=O)CC1. The Bertz CT molecular complexity index is 616. The van der Waals surface area contributed by atoms with Crippen molar-refractivity contribution in [1.29, 1.82) is 0 Å². The Labute approximate surface area is 161 Å². The summed E-state index contributed by atoms with van der Waals surface area (Å²) in [5.74, 6) is 0.312. The van der Waals surface area contributed by atoms with Crippen LogP contribution in [0.1, 0.15) is 38.2 Å². The van der Waals surface area contributed by atoms with Gasteiger partial charge in [0.05, 0.1) is 0 Å². The summed E-state index contributed by atoms with van der Waals surface area (Å²) < 4.78 is 13.1. The second-order valence-electron chi connectivity index (χ2n) is 8.19. The molecule has 1 aromatic rings. The molecule has 2 saturated heterocycles. The van der Waals surface area contributed by atoms with Crippen LogP contribution in [0.2, 0.25) is 0 Å². The van der Waals surface area contributed by atoms with E-state index in [-0.39, 0.29) is 18.3 Å². The smallest absolute Gasteiger partial charge is 0.256 e. The number of aliphatic hydroxyl groups is 1. The van der Waals surface area contributed by atoms with E-state index < -0.39 is 5.60 Å². The molecule has 150 valence electrons. The summed E-state index contributed by atoms with van der Waals surface area (Å²) in [7, 11) is 0. The van der Waals surface area contributed by atoms with Crippen LogP contribution in [-0.4, -0.2) is 65.7 Å². The van der Waals surface area contributed by atoms with Crippen molar-refractivity contribution in [2.45, 2.75) is 44.8 Å². The molecule has 1 aromatic carbocycles. The molecule has 0 aromatic heterocycles. The van der Waals surface area contributed by atoms with Gasteiger partial charge in [0, 0.05) is 32.7 Å². The fraction of sp³-hybridized carbons (Fsp3) is 0.667. The zero-order valence-corrected chi connectivity index (χ0v) is 16.3. The van der Waals surface area contributed by atoms with Crippen LogP contribution in [-0.2, 0) is 11.3 Å². The number of nitrogens with one attached hydrogen (secondary N) is 1. The highest BCUT2D eigenvalue weighted by molar-refractivity contribution is 5.86. The van der Waals surface area contributed by atoms with Crippen molar-refractivity contribution in [3.63, 3.8) is 0 Å². The maximum atomic E-state index is 13.1. The zero-order valence-electron chi connectivity index (χ0n) is 16.3. The van der Waals surface area contributed by atoms with E-state index in [0.29, 0.717) is 19.5 Å². The van der Waals surface area contributed by atoms with E-state index in [1.165, 1.54) is 25.0 Å². The predicted octanol–water partition coefficient (Wildman–Crippen LogP) is 2.00. The van der Waals surface area contributed by atoms with Crippen LogP contribution in [0.15, 0.2) is 24.3 Å².